The average Bonchev–Trinajstić information content (AvgIpc) is 2.94. The molecule has 11 heteroatoms. The zero-order chi connectivity index (χ0) is 29.3. The molecule has 0 unspecified atom stereocenters. The molecule has 0 saturated heterocycles. The Labute approximate surface area is 229 Å². The quantitative estimate of drug-likeness (QED) is 0.151. The standard InChI is InChI=1S/C29H28F3NO7/c1-35-23-13-10-20(7-6-18-16-24(36-2)27(38-4)25(17-18)37-3)26(28(23)39-5)33-15-14-22(34)19-8-11-21(12-9-19)40-29(30,31)32/h6-17,33H,1-5H3/b7-6-,15-14-. The molecule has 0 aliphatic heterocycles. The lowest BCUT2D eigenvalue weighted by Gasteiger charge is -2.15. The van der Waals surface area contributed by atoms with E-state index in [4.69, 9.17) is 23.7 Å². The predicted octanol–water partition coefficient (Wildman–Crippen LogP) is 6.61. The summed E-state index contributed by atoms with van der Waals surface area (Å²) >= 11 is 0. The molecule has 3 rings (SSSR count). The van der Waals surface area contributed by atoms with E-state index < -0.39 is 17.9 Å². The normalized spacial score (nSPS) is 11.4. The highest BCUT2D eigenvalue weighted by molar-refractivity contribution is 6.04. The molecule has 0 bridgehead atoms. The number of rotatable bonds is 12. The van der Waals surface area contributed by atoms with Crippen LogP contribution in [0.2, 0.25) is 0 Å². The number of nitrogens with one attached hydrogen (secondary N) is 1. The summed E-state index contributed by atoms with van der Waals surface area (Å²) in [6.07, 6.45) is 1.47. The lowest BCUT2D eigenvalue weighted by molar-refractivity contribution is -0.274. The molecule has 0 aliphatic rings. The van der Waals surface area contributed by atoms with Crippen molar-refractivity contribution in [1.82, 2.24) is 0 Å². The van der Waals surface area contributed by atoms with Gasteiger partial charge in [-0.25, -0.2) is 0 Å². The molecule has 0 radical (unpaired) electrons. The number of alkyl halides is 3. The topological polar surface area (TPSA) is 84.5 Å². The van der Waals surface area contributed by atoms with Crippen molar-refractivity contribution in [2.45, 2.75) is 6.36 Å². The van der Waals surface area contributed by atoms with Gasteiger partial charge < -0.3 is 33.7 Å². The summed E-state index contributed by atoms with van der Waals surface area (Å²) in [4.78, 5) is 12.6. The van der Waals surface area contributed by atoms with Gasteiger partial charge in [0.2, 0.25) is 5.75 Å². The smallest absolute Gasteiger partial charge is 0.493 e. The van der Waals surface area contributed by atoms with Crippen LogP contribution in [0.5, 0.6) is 34.5 Å². The predicted molar refractivity (Wildman–Crippen MR) is 145 cm³/mol. The van der Waals surface area contributed by atoms with Crippen molar-refractivity contribution in [2.24, 2.45) is 0 Å². The van der Waals surface area contributed by atoms with E-state index in [1.165, 1.54) is 60.0 Å². The van der Waals surface area contributed by atoms with Gasteiger partial charge in [0, 0.05) is 23.4 Å². The van der Waals surface area contributed by atoms with Crippen LogP contribution < -0.4 is 33.7 Å². The number of methoxy groups -OCH3 is 5. The Balaban J connectivity index is 1.88. The van der Waals surface area contributed by atoms with E-state index in [1.54, 1.807) is 24.3 Å². The Hall–Kier alpha value is -4.80. The number of hydrogen-bond acceptors (Lipinski definition) is 8. The molecule has 0 aliphatic carbocycles. The molecule has 0 aromatic heterocycles. The maximum absolute atomic E-state index is 12.6. The van der Waals surface area contributed by atoms with Gasteiger partial charge >= 0.3 is 6.36 Å². The van der Waals surface area contributed by atoms with E-state index in [9.17, 15) is 18.0 Å². The molecule has 1 N–H and O–H groups in total. The van der Waals surface area contributed by atoms with Crippen molar-refractivity contribution >= 4 is 23.6 Å². The third-order valence-corrected chi connectivity index (χ3v) is 5.56. The van der Waals surface area contributed by atoms with Crippen molar-refractivity contribution in [1.29, 1.82) is 0 Å². The van der Waals surface area contributed by atoms with Gasteiger partial charge in [-0.05, 0) is 54.1 Å². The lowest BCUT2D eigenvalue weighted by Crippen LogP contribution is -2.17. The van der Waals surface area contributed by atoms with E-state index >= 15 is 0 Å². The Bertz CT molecular complexity index is 1360. The number of allylic oxidation sites excluding steroid dienone is 1. The van der Waals surface area contributed by atoms with Gasteiger partial charge in [0.05, 0.1) is 41.2 Å². The minimum atomic E-state index is -4.82. The Morgan fingerprint density at radius 3 is 1.88 bits per heavy atom. The van der Waals surface area contributed by atoms with E-state index in [0.717, 1.165) is 17.7 Å². The molecule has 0 saturated carbocycles. The van der Waals surface area contributed by atoms with Crippen molar-refractivity contribution in [2.75, 3.05) is 40.9 Å². The number of benzene rings is 3. The van der Waals surface area contributed by atoms with Crippen molar-refractivity contribution in [3.8, 4) is 34.5 Å². The minimum absolute atomic E-state index is 0.174. The number of ether oxygens (including phenoxy) is 6. The molecule has 40 heavy (non-hydrogen) atoms. The van der Waals surface area contributed by atoms with Gasteiger partial charge in [0.1, 0.15) is 5.75 Å². The van der Waals surface area contributed by atoms with Crippen molar-refractivity contribution in [3.63, 3.8) is 0 Å². The molecule has 0 fully saturated rings. The van der Waals surface area contributed by atoms with Crippen LogP contribution >= 0.6 is 0 Å². The maximum atomic E-state index is 12.6. The minimum Gasteiger partial charge on any atom is -0.493 e. The van der Waals surface area contributed by atoms with Gasteiger partial charge in [-0.1, -0.05) is 12.2 Å². The number of carbonyl (C=O) groups excluding carboxylic acids is 1. The summed E-state index contributed by atoms with van der Waals surface area (Å²) in [5, 5.41) is 3.05. The molecular weight excluding hydrogens is 531 g/mol. The number of halogens is 3. The summed E-state index contributed by atoms with van der Waals surface area (Å²) in [7, 11) is 7.56. The molecule has 3 aromatic rings. The second-order valence-corrected chi connectivity index (χ2v) is 7.97. The summed E-state index contributed by atoms with van der Waals surface area (Å²) in [5.74, 6) is 1.43. The van der Waals surface area contributed by atoms with Gasteiger partial charge in [-0.15, -0.1) is 13.2 Å². The summed E-state index contributed by atoms with van der Waals surface area (Å²) < 4.78 is 68.1. The molecule has 0 heterocycles. The Kier molecular flexibility index (Phi) is 9.91. The second kappa shape index (κ2) is 13.3. The Morgan fingerprint density at radius 1 is 0.750 bits per heavy atom. The highest BCUT2D eigenvalue weighted by atomic mass is 19.4. The highest BCUT2D eigenvalue weighted by Crippen LogP contribution is 2.41. The molecule has 212 valence electrons. The van der Waals surface area contributed by atoms with Crippen LogP contribution in [0.4, 0.5) is 18.9 Å². The monoisotopic (exact) mass is 559 g/mol. The van der Waals surface area contributed by atoms with E-state index in [0.29, 0.717) is 40.0 Å². The van der Waals surface area contributed by atoms with Crippen LogP contribution in [0.25, 0.3) is 12.2 Å². The molecule has 8 nitrogen and oxygen atoms in total. The number of hydrogen-bond donors (Lipinski definition) is 1. The third-order valence-electron chi connectivity index (χ3n) is 5.56. The van der Waals surface area contributed by atoms with Crippen LogP contribution in [0.1, 0.15) is 21.5 Å². The highest BCUT2D eigenvalue weighted by Gasteiger charge is 2.31. The van der Waals surface area contributed by atoms with E-state index in [-0.39, 0.29) is 5.56 Å². The van der Waals surface area contributed by atoms with Crippen molar-refractivity contribution in [3.05, 3.63) is 77.5 Å². The van der Waals surface area contributed by atoms with Crippen LogP contribution in [-0.2, 0) is 0 Å². The zero-order valence-corrected chi connectivity index (χ0v) is 22.4. The first-order valence-electron chi connectivity index (χ1n) is 11.7. The van der Waals surface area contributed by atoms with Crippen molar-refractivity contribution < 1.29 is 46.4 Å². The fourth-order valence-electron chi connectivity index (χ4n) is 3.73. The number of anilines is 1. The zero-order valence-electron chi connectivity index (χ0n) is 22.4. The van der Waals surface area contributed by atoms with E-state index in [1.807, 2.05) is 12.2 Å². The first-order valence-corrected chi connectivity index (χ1v) is 11.7. The summed E-state index contributed by atoms with van der Waals surface area (Å²) in [5.41, 5.74) is 2.13. The van der Waals surface area contributed by atoms with Gasteiger partial charge in [0.25, 0.3) is 0 Å². The number of carbonyl (C=O) groups is 1. The third kappa shape index (κ3) is 7.40. The van der Waals surface area contributed by atoms with Crippen LogP contribution in [-0.4, -0.2) is 47.7 Å². The molecule has 0 atom stereocenters. The van der Waals surface area contributed by atoms with Crippen LogP contribution in [0, 0.1) is 0 Å². The SMILES string of the molecule is COc1cc(/C=C\c2ccc(OC)c(OC)c2N/C=C\C(=O)c2ccc(OC(F)(F)F)cc2)cc(OC)c1OC. The largest absolute Gasteiger partial charge is 0.573 e. The molecular formula is C29H28F3NO7. The Morgan fingerprint density at radius 2 is 1.35 bits per heavy atom. The summed E-state index contributed by atoms with van der Waals surface area (Å²) in [6, 6.07) is 11.7. The maximum Gasteiger partial charge on any atom is 0.573 e. The number of ketones is 1. The summed E-state index contributed by atoms with van der Waals surface area (Å²) in [6.45, 7) is 0. The van der Waals surface area contributed by atoms with E-state index in [2.05, 4.69) is 10.1 Å². The fourth-order valence-corrected chi connectivity index (χ4v) is 3.73. The van der Waals surface area contributed by atoms with Gasteiger partial charge in [-0.2, -0.15) is 0 Å². The van der Waals surface area contributed by atoms with Gasteiger partial charge in [-0.3, -0.25) is 4.79 Å². The first-order chi connectivity index (χ1) is 19.1. The van der Waals surface area contributed by atoms with Crippen LogP contribution in [0.3, 0.4) is 0 Å². The van der Waals surface area contributed by atoms with Crippen LogP contribution in [0.15, 0.2) is 60.8 Å². The first kappa shape index (κ1) is 29.8. The molecule has 3 aromatic carbocycles. The molecule has 0 spiro atoms. The molecule has 0 amide bonds. The second-order valence-electron chi connectivity index (χ2n) is 7.97. The van der Waals surface area contributed by atoms with Gasteiger partial charge in [0.15, 0.2) is 28.8 Å². The lowest BCUT2D eigenvalue weighted by atomic mass is 10.1. The fraction of sp³-hybridized carbons (Fsp3) is 0.207. The average molecular weight is 560 g/mol.